The van der Waals surface area contributed by atoms with Crippen molar-refractivity contribution >= 4 is 12.0 Å². The second-order valence-corrected chi connectivity index (χ2v) is 3.55. The van der Waals surface area contributed by atoms with Crippen LogP contribution in [0, 0.1) is 0 Å². The summed E-state index contributed by atoms with van der Waals surface area (Å²) in [6, 6.07) is 7.38. The van der Waals surface area contributed by atoms with Gasteiger partial charge in [-0.15, -0.1) is 0 Å². The van der Waals surface area contributed by atoms with E-state index in [4.69, 9.17) is 9.84 Å². The molecule has 1 N–H and O–H groups in total. The van der Waals surface area contributed by atoms with Gasteiger partial charge in [-0.1, -0.05) is 19.1 Å². The lowest BCUT2D eigenvalue weighted by atomic mass is 10.1. The molecule has 0 radical (unpaired) electrons. The molecule has 86 valence electrons. The van der Waals surface area contributed by atoms with E-state index in [1.165, 1.54) is 0 Å². The molecule has 0 atom stereocenters. The first-order valence-electron chi connectivity index (χ1n) is 5.28. The van der Waals surface area contributed by atoms with Crippen LogP contribution in [-0.4, -0.2) is 17.7 Å². The van der Waals surface area contributed by atoms with Crippen LogP contribution in [0.15, 0.2) is 29.8 Å². The SMILES string of the molecule is CCCOc1ccc(C=C(C)C(=O)O)cc1. The Morgan fingerprint density at radius 2 is 2.00 bits per heavy atom. The van der Waals surface area contributed by atoms with Gasteiger partial charge < -0.3 is 9.84 Å². The van der Waals surface area contributed by atoms with Crippen molar-refractivity contribution in [3.05, 3.63) is 35.4 Å². The average Bonchev–Trinajstić information content (AvgIpc) is 2.28. The molecule has 16 heavy (non-hydrogen) atoms. The van der Waals surface area contributed by atoms with Crippen molar-refractivity contribution in [2.45, 2.75) is 20.3 Å². The van der Waals surface area contributed by atoms with Crippen molar-refractivity contribution < 1.29 is 14.6 Å². The predicted octanol–water partition coefficient (Wildman–Crippen LogP) is 2.96. The second kappa shape index (κ2) is 5.95. The monoisotopic (exact) mass is 220 g/mol. The van der Waals surface area contributed by atoms with E-state index in [2.05, 4.69) is 0 Å². The average molecular weight is 220 g/mol. The predicted molar refractivity (Wildman–Crippen MR) is 63.5 cm³/mol. The highest BCUT2D eigenvalue weighted by Gasteiger charge is 1.99. The van der Waals surface area contributed by atoms with Gasteiger partial charge in [0.15, 0.2) is 0 Å². The van der Waals surface area contributed by atoms with E-state index in [1.54, 1.807) is 13.0 Å². The number of hydrogen-bond donors (Lipinski definition) is 1. The minimum atomic E-state index is -0.897. The van der Waals surface area contributed by atoms with Crippen LogP contribution in [0.1, 0.15) is 25.8 Å². The number of hydrogen-bond acceptors (Lipinski definition) is 2. The van der Waals surface area contributed by atoms with Crippen molar-refractivity contribution in [1.82, 2.24) is 0 Å². The summed E-state index contributed by atoms with van der Waals surface area (Å²) >= 11 is 0. The Morgan fingerprint density at radius 1 is 1.38 bits per heavy atom. The smallest absolute Gasteiger partial charge is 0.331 e. The molecule has 3 heteroatoms. The van der Waals surface area contributed by atoms with Crippen LogP contribution in [0.4, 0.5) is 0 Å². The normalized spacial score (nSPS) is 11.2. The highest BCUT2D eigenvalue weighted by molar-refractivity contribution is 5.91. The summed E-state index contributed by atoms with van der Waals surface area (Å²) in [5.74, 6) is -0.0849. The van der Waals surface area contributed by atoms with Gasteiger partial charge in [-0.2, -0.15) is 0 Å². The fourth-order valence-corrected chi connectivity index (χ4v) is 1.19. The van der Waals surface area contributed by atoms with Gasteiger partial charge in [0.25, 0.3) is 0 Å². The highest BCUT2D eigenvalue weighted by Crippen LogP contribution is 2.14. The molecule has 0 aromatic heterocycles. The van der Waals surface area contributed by atoms with Gasteiger partial charge in [0, 0.05) is 5.57 Å². The molecule has 0 bridgehead atoms. The van der Waals surface area contributed by atoms with Crippen molar-refractivity contribution in [3.63, 3.8) is 0 Å². The van der Waals surface area contributed by atoms with E-state index < -0.39 is 5.97 Å². The molecule has 0 saturated carbocycles. The van der Waals surface area contributed by atoms with Crippen LogP contribution in [-0.2, 0) is 4.79 Å². The molecule has 0 amide bonds. The maximum Gasteiger partial charge on any atom is 0.331 e. The fourth-order valence-electron chi connectivity index (χ4n) is 1.19. The zero-order valence-corrected chi connectivity index (χ0v) is 9.56. The third kappa shape index (κ3) is 3.77. The Kier molecular flexibility index (Phi) is 4.58. The Balaban J connectivity index is 2.71. The summed E-state index contributed by atoms with van der Waals surface area (Å²) in [4.78, 5) is 10.6. The third-order valence-corrected chi connectivity index (χ3v) is 2.07. The van der Waals surface area contributed by atoms with Crippen LogP contribution < -0.4 is 4.74 Å². The first-order chi connectivity index (χ1) is 7.63. The van der Waals surface area contributed by atoms with Gasteiger partial charge in [-0.25, -0.2) is 4.79 Å². The van der Waals surface area contributed by atoms with Gasteiger partial charge in [0.1, 0.15) is 5.75 Å². The van der Waals surface area contributed by atoms with Gasteiger partial charge in [0.05, 0.1) is 6.61 Å². The summed E-state index contributed by atoms with van der Waals surface area (Å²) in [6.07, 6.45) is 2.60. The number of benzene rings is 1. The summed E-state index contributed by atoms with van der Waals surface area (Å²) in [5, 5.41) is 8.72. The number of carboxylic acid groups (broad SMARTS) is 1. The maximum atomic E-state index is 10.6. The van der Waals surface area contributed by atoms with E-state index in [0.717, 1.165) is 17.7 Å². The molecule has 1 rings (SSSR count). The lowest BCUT2D eigenvalue weighted by Crippen LogP contribution is -1.96. The molecule has 0 unspecified atom stereocenters. The third-order valence-electron chi connectivity index (χ3n) is 2.07. The molecule has 0 fully saturated rings. The van der Waals surface area contributed by atoms with Crippen molar-refractivity contribution in [2.75, 3.05) is 6.61 Å². The van der Waals surface area contributed by atoms with Crippen molar-refractivity contribution in [1.29, 1.82) is 0 Å². The molecular formula is C13H16O3. The van der Waals surface area contributed by atoms with Crippen LogP contribution in [0.3, 0.4) is 0 Å². The van der Waals surface area contributed by atoms with Crippen molar-refractivity contribution in [2.24, 2.45) is 0 Å². The summed E-state index contributed by atoms with van der Waals surface area (Å²) in [7, 11) is 0. The van der Waals surface area contributed by atoms with E-state index in [9.17, 15) is 4.79 Å². The highest BCUT2D eigenvalue weighted by atomic mass is 16.5. The van der Waals surface area contributed by atoms with Crippen LogP contribution >= 0.6 is 0 Å². The molecular weight excluding hydrogens is 204 g/mol. The van der Waals surface area contributed by atoms with E-state index in [-0.39, 0.29) is 0 Å². The van der Waals surface area contributed by atoms with Gasteiger partial charge in [0.2, 0.25) is 0 Å². The fraction of sp³-hybridized carbons (Fsp3) is 0.308. The topological polar surface area (TPSA) is 46.5 Å². The minimum absolute atomic E-state index is 0.322. The zero-order chi connectivity index (χ0) is 12.0. The molecule has 0 aliphatic carbocycles. The largest absolute Gasteiger partial charge is 0.494 e. The summed E-state index contributed by atoms with van der Waals surface area (Å²) in [5.41, 5.74) is 1.19. The quantitative estimate of drug-likeness (QED) is 0.776. The Hall–Kier alpha value is -1.77. The van der Waals surface area contributed by atoms with Crippen LogP contribution in [0.25, 0.3) is 6.08 Å². The van der Waals surface area contributed by atoms with Crippen molar-refractivity contribution in [3.8, 4) is 5.75 Å². The first kappa shape index (κ1) is 12.3. The first-order valence-corrected chi connectivity index (χ1v) is 5.28. The number of aliphatic carboxylic acids is 1. The summed E-state index contributed by atoms with van der Waals surface area (Å²) < 4.78 is 5.43. The Labute approximate surface area is 95.4 Å². The molecule has 0 aliphatic heterocycles. The minimum Gasteiger partial charge on any atom is -0.494 e. The lowest BCUT2D eigenvalue weighted by molar-refractivity contribution is -0.132. The molecule has 0 heterocycles. The van der Waals surface area contributed by atoms with Crippen LogP contribution in [0.2, 0.25) is 0 Å². The van der Waals surface area contributed by atoms with Gasteiger partial charge in [-0.3, -0.25) is 0 Å². The zero-order valence-electron chi connectivity index (χ0n) is 9.56. The van der Waals surface area contributed by atoms with Gasteiger partial charge in [-0.05, 0) is 37.1 Å². The number of rotatable bonds is 5. The number of carboxylic acids is 1. The molecule has 3 nitrogen and oxygen atoms in total. The number of carbonyl (C=O) groups is 1. The van der Waals surface area contributed by atoms with E-state index in [1.807, 2.05) is 31.2 Å². The molecule has 1 aromatic rings. The molecule has 0 saturated heterocycles. The Morgan fingerprint density at radius 3 is 2.50 bits per heavy atom. The summed E-state index contributed by atoms with van der Waals surface area (Å²) in [6.45, 7) is 4.32. The molecule has 1 aromatic carbocycles. The van der Waals surface area contributed by atoms with Crippen LogP contribution in [0.5, 0.6) is 5.75 Å². The molecule has 0 aliphatic rings. The van der Waals surface area contributed by atoms with E-state index >= 15 is 0 Å². The lowest BCUT2D eigenvalue weighted by Gasteiger charge is -2.04. The maximum absolute atomic E-state index is 10.6. The second-order valence-electron chi connectivity index (χ2n) is 3.55. The number of ether oxygens (including phenoxy) is 1. The standard InChI is InChI=1S/C13H16O3/c1-3-8-16-12-6-4-11(5-7-12)9-10(2)13(14)15/h4-7,9H,3,8H2,1-2H3,(H,14,15). The van der Waals surface area contributed by atoms with Gasteiger partial charge >= 0.3 is 5.97 Å². The van der Waals surface area contributed by atoms with E-state index in [0.29, 0.717) is 12.2 Å². The molecule has 0 spiro atoms. The Bertz CT molecular complexity index is 377.